The van der Waals surface area contributed by atoms with E-state index in [0.29, 0.717) is 18.2 Å². The van der Waals surface area contributed by atoms with Gasteiger partial charge in [-0.15, -0.1) is 36.2 Å². The summed E-state index contributed by atoms with van der Waals surface area (Å²) in [5.41, 5.74) is 1.40. The molecule has 0 spiro atoms. The fourth-order valence-electron chi connectivity index (χ4n) is 2.98. The van der Waals surface area contributed by atoms with Gasteiger partial charge in [-0.25, -0.2) is 4.98 Å². The van der Waals surface area contributed by atoms with Gasteiger partial charge in [0.15, 0.2) is 11.5 Å². The zero-order valence-electron chi connectivity index (χ0n) is 14.0. The van der Waals surface area contributed by atoms with Crippen molar-refractivity contribution >= 4 is 42.1 Å². The van der Waals surface area contributed by atoms with Gasteiger partial charge >= 0.3 is 0 Å². The highest BCUT2D eigenvalue weighted by Gasteiger charge is 2.18. The smallest absolute Gasteiger partial charge is 0.270 e. The predicted molar refractivity (Wildman–Crippen MR) is 106 cm³/mol. The second-order valence-electron chi connectivity index (χ2n) is 6.01. The molecule has 0 bridgehead atoms. The Hall–Kier alpha value is -1.54. The van der Waals surface area contributed by atoms with Crippen LogP contribution >= 0.6 is 36.2 Å². The fraction of sp³-hybridized carbons (Fsp3) is 0.412. The third kappa shape index (κ3) is 4.59. The minimum atomic E-state index is -0.107. The second kappa shape index (κ2) is 9.41. The van der Waals surface area contributed by atoms with E-state index in [1.54, 1.807) is 5.38 Å². The monoisotopic (exact) mass is 417 g/mol. The van der Waals surface area contributed by atoms with Crippen molar-refractivity contribution in [1.82, 2.24) is 15.6 Å². The maximum absolute atomic E-state index is 12.2. The quantitative estimate of drug-likeness (QED) is 0.781. The Balaban J connectivity index is 0.00000121. The minimum absolute atomic E-state index is 0. The van der Waals surface area contributed by atoms with Gasteiger partial charge in [-0.2, -0.15) is 0 Å². The lowest BCUT2D eigenvalue weighted by atomic mass is 10.1. The fourth-order valence-corrected chi connectivity index (χ4v) is 3.78. The molecule has 9 heteroatoms. The normalized spacial score (nSPS) is 17.3. The van der Waals surface area contributed by atoms with Gasteiger partial charge in [-0.3, -0.25) is 4.79 Å². The maximum Gasteiger partial charge on any atom is 0.270 e. The Kier molecular flexibility index (Phi) is 7.52. The highest BCUT2D eigenvalue weighted by Crippen LogP contribution is 2.36. The van der Waals surface area contributed by atoms with Crippen LogP contribution in [0.1, 0.15) is 23.3 Å². The molecule has 0 radical (unpaired) electrons. The first-order valence-corrected chi connectivity index (χ1v) is 9.02. The number of ether oxygens (including phenoxy) is 2. The van der Waals surface area contributed by atoms with Gasteiger partial charge in [0.1, 0.15) is 10.7 Å². The van der Waals surface area contributed by atoms with Gasteiger partial charge in [0, 0.05) is 17.5 Å². The molecule has 2 aromatic rings. The van der Waals surface area contributed by atoms with E-state index < -0.39 is 0 Å². The van der Waals surface area contributed by atoms with E-state index in [1.165, 1.54) is 17.8 Å². The number of carbonyl (C=O) groups excluding carboxylic acids is 1. The molecule has 1 fully saturated rings. The van der Waals surface area contributed by atoms with Crippen molar-refractivity contribution in [2.24, 2.45) is 5.92 Å². The van der Waals surface area contributed by atoms with Crippen LogP contribution in [0.3, 0.4) is 0 Å². The molecule has 0 aliphatic carbocycles. The van der Waals surface area contributed by atoms with Crippen molar-refractivity contribution in [3.8, 4) is 22.1 Å². The van der Waals surface area contributed by atoms with Crippen LogP contribution in [0.2, 0.25) is 0 Å². The lowest BCUT2D eigenvalue weighted by Gasteiger charge is -2.08. The predicted octanol–water partition coefficient (Wildman–Crippen LogP) is 3.11. The van der Waals surface area contributed by atoms with E-state index >= 15 is 0 Å². The van der Waals surface area contributed by atoms with Crippen molar-refractivity contribution in [3.63, 3.8) is 0 Å². The largest absolute Gasteiger partial charge is 0.454 e. The molecule has 2 N–H and O–H groups in total. The summed E-state index contributed by atoms with van der Waals surface area (Å²) in [6.45, 7) is 3.09. The number of nitrogens with one attached hydrogen (secondary N) is 2. The summed E-state index contributed by atoms with van der Waals surface area (Å²) in [4.78, 5) is 16.7. The number of thiazole rings is 1. The highest BCUT2D eigenvalue weighted by atomic mass is 35.5. The van der Waals surface area contributed by atoms with E-state index in [9.17, 15) is 4.79 Å². The van der Waals surface area contributed by atoms with E-state index in [4.69, 9.17) is 9.47 Å². The summed E-state index contributed by atoms with van der Waals surface area (Å²) in [6, 6.07) is 5.70. The number of carbonyl (C=O) groups is 1. The molecule has 3 heterocycles. The van der Waals surface area contributed by atoms with Crippen LogP contribution in [0.15, 0.2) is 23.6 Å². The zero-order valence-corrected chi connectivity index (χ0v) is 16.5. The molecule has 2 aliphatic rings. The SMILES string of the molecule is Cl.Cl.O=C(NCCC1CCNC1)c1csc(-c2ccc3c(c2)OCO3)n1. The molecular formula is C17H21Cl2N3O3S. The molecule has 1 saturated heterocycles. The molecular weight excluding hydrogens is 397 g/mol. The van der Waals surface area contributed by atoms with Gasteiger partial charge in [-0.1, -0.05) is 0 Å². The summed E-state index contributed by atoms with van der Waals surface area (Å²) < 4.78 is 10.7. The van der Waals surface area contributed by atoms with Crippen molar-refractivity contribution in [3.05, 3.63) is 29.3 Å². The van der Waals surface area contributed by atoms with E-state index in [2.05, 4.69) is 15.6 Å². The first kappa shape index (κ1) is 20.8. The van der Waals surface area contributed by atoms with Crippen LogP contribution in [-0.4, -0.2) is 37.3 Å². The van der Waals surface area contributed by atoms with Crippen LogP contribution in [0, 0.1) is 5.92 Å². The van der Waals surface area contributed by atoms with Gasteiger partial charge in [0.25, 0.3) is 5.91 Å². The number of halogens is 2. The van der Waals surface area contributed by atoms with Crippen molar-refractivity contribution in [2.75, 3.05) is 26.4 Å². The van der Waals surface area contributed by atoms with Gasteiger partial charge in [-0.05, 0) is 50.0 Å². The molecule has 0 saturated carbocycles. The number of benzene rings is 1. The maximum atomic E-state index is 12.2. The number of hydrogen-bond acceptors (Lipinski definition) is 6. The van der Waals surface area contributed by atoms with Crippen molar-refractivity contribution in [2.45, 2.75) is 12.8 Å². The first-order chi connectivity index (χ1) is 11.8. The summed E-state index contributed by atoms with van der Waals surface area (Å²) in [5, 5.41) is 8.91. The van der Waals surface area contributed by atoms with Crippen LogP contribution in [-0.2, 0) is 0 Å². The van der Waals surface area contributed by atoms with Gasteiger partial charge in [0.05, 0.1) is 0 Å². The number of amides is 1. The molecule has 1 atom stereocenters. The van der Waals surface area contributed by atoms with E-state index in [1.807, 2.05) is 18.2 Å². The molecule has 4 rings (SSSR count). The van der Waals surface area contributed by atoms with Crippen molar-refractivity contribution < 1.29 is 14.3 Å². The molecule has 1 aromatic carbocycles. The van der Waals surface area contributed by atoms with Crippen LogP contribution in [0.5, 0.6) is 11.5 Å². The van der Waals surface area contributed by atoms with Gasteiger partial charge < -0.3 is 20.1 Å². The third-order valence-corrected chi connectivity index (χ3v) is 5.25. The summed E-state index contributed by atoms with van der Waals surface area (Å²) in [6.07, 6.45) is 2.21. The van der Waals surface area contributed by atoms with Crippen LogP contribution in [0.4, 0.5) is 0 Å². The van der Waals surface area contributed by atoms with Crippen LogP contribution < -0.4 is 20.1 Å². The molecule has 1 unspecified atom stereocenters. The van der Waals surface area contributed by atoms with E-state index in [-0.39, 0.29) is 37.5 Å². The lowest BCUT2D eigenvalue weighted by Crippen LogP contribution is -2.26. The Labute approximate surface area is 168 Å². The lowest BCUT2D eigenvalue weighted by molar-refractivity contribution is 0.0947. The minimum Gasteiger partial charge on any atom is -0.454 e. The van der Waals surface area contributed by atoms with Crippen molar-refractivity contribution in [1.29, 1.82) is 0 Å². The number of rotatable bonds is 5. The number of nitrogens with zero attached hydrogens (tertiary/aromatic N) is 1. The number of fused-ring (bicyclic) bond motifs is 1. The summed E-state index contributed by atoms with van der Waals surface area (Å²) in [7, 11) is 0. The molecule has 6 nitrogen and oxygen atoms in total. The second-order valence-corrected chi connectivity index (χ2v) is 6.87. The third-order valence-electron chi connectivity index (χ3n) is 4.36. The Bertz CT molecular complexity index is 751. The zero-order chi connectivity index (χ0) is 16.4. The average Bonchev–Trinajstić information content (AvgIpc) is 3.34. The number of aromatic nitrogens is 1. The standard InChI is InChI=1S/C17H19N3O3S.2ClH/c21-16(19-6-4-11-3-5-18-8-11)13-9-24-17(20-13)12-1-2-14-15(7-12)23-10-22-14;;/h1-2,7,9,11,18H,3-6,8,10H2,(H,19,21);2*1H. The van der Waals surface area contributed by atoms with E-state index in [0.717, 1.165) is 41.6 Å². The molecule has 26 heavy (non-hydrogen) atoms. The summed E-state index contributed by atoms with van der Waals surface area (Å²) in [5.74, 6) is 2.03. The van der Waals surface area contributed by atoms with Crippen LogP contribution in [0.25, 0.3) is 10.6 Å². The molecule has 1 aromatic heterocycles. The number of hydrogen-bond donors (Lipinski definition) is 2. The molecule has 2 aliphatic heterocycles. The molecule has 142 valence electrons. The topological polar surface area (TPSA) is 72.5 Å². The molecule has 1 amide bonds. The average molecular weight is 418 g/mol. The first-order valence-electron chi connectivity index (χ1n) is 8.14. The summed E-state index contributed by atoms with van der Waals surface area (Å²) >= 11 is 1.46. The van der Waals surface area contributed by atoms with Gasteiger partial charge in [0.2, 0.25) is 6.79 Å². The Morgan fingerprint density at radius 1 is 1.31 bits per heavy atom. The Morgan fingerprint density at radius 2 is 2.15 bits per heavy atom. The Morgan fingerprint density at radius 3 is 2.96 bits per heavy atom. The highest BCUT2D eigenvalue weighted by molar-refractivity contribution is 7.13.